The highest BCUT2D eigenvalue weighted by Crippen LogP contribution is 2.33. The number of benzene rings is 4. The molecule has 40 nitrogen and oxygen atoms in total. The van der Waals surface area contributed by atoms with E-state index < -0.39 is 70.6 Å². The largest absolute Gasteiger partial charge is 0.444 e. The summed E-state index contributed by atoms with van der Waals surface area (Å²) in [4.78, 5) is 66.9. The lowest BCUT2D eigenvalue weighted by Gasteiger charge is -2.15. The van der Waals surface area contributed by atoms with Crippen molar-refractivity contribution in [2.75, 3.05) is 65.2 Å². The normalized spacial score (nSPS) is 11.5. The highest BCUT2D eigenvalue weighted by atomic mass is 35.5. The molecule has 8 N–H and O–H groups in total. The number of sulfonamides is 4. The Labute approximate surface area is 712 Å². The van der Waals surface area contributed by atoms with Gasteiger partial charge in [0.1, 0.15) is 25.9 Å². The van der Waals surface area contributed by atoms with Gasteiger partial charge >= 0.3 is 24.4 Å². The van der Waals surface area contributed by atoms with E-state index in [2.05, 4.69) is 101 Å². The summed E-state index contributed by atoms with van der Waals surface area (Å²) in [6, 6.07) is 40.5. The van der Waals surface area contributed by atoms with Crippen LogP contribution in [-0.4, -0.2) is 163 Å². The van der Waals surface area contributed by atoms with Gasteiger partial charge in [-0.3, -0.25) is 40.2 Å². The minimum Gasteiger partial charge on any atom is -0.444 e. The summed E-state index contributed by atoms with van der Waals surface area (Å²) in [6.07, 6.45) is 1.04. The standard InChI is InChI=1S/C20H24N6O4S.C19H21ClN6O4S.C19H22N6O4S.C18H19ClN6O4S/c1-12-7-6-8-15(11-12)14(3)30-20(27)22-19-18(23-25-26(19)4)17-10-9-16(13(2)21-17)24-31(5,28)29;1-11-5-6-14(20)13(9-11)10-30-19(27)22-18-17(23-25-26(18)3)16-8-7-15(12(2)21-16)24-31(4,28)29;1-12-6-5-7-14(10-12)11-29-19(26)21-18-17(22-24-25(18)3)16-9-8-15(13(2)20-16)23-30(4,27)28;1-11-14(23-30(3,27)28)8-9-15(20-11)16-17(25(2)24-22-16)21-18(26)29-10-12-6-4-5-7-13(12)19/h6-11,14,24H,1-5H3,(H,22,27);5-9,24H,10H2,1-4H3,(H,22,27);5-10,23H,11H2,1-4H3,(H,21,26);4-9,23H,10H2,1-3H3,(H,21,26)/t14-;;;/m1.../s1. The molecular weight excluding hydrogens is 1700 g/mol. The molecule has 8 aromatic heterocycles. The SMILES string of the molecule is Cc1ccc(Cl)c(COC(=O)Nc2c(-c3ccc(NS(C)(=O)=O)c(C)n3)nnn2C)c1.Cc1cccc(COC(=O)Nc2c(-c3ccc(NS(C)(=O)=O)c(C)n3)nnn2C)c1.Cc1cccc([C@@H](C)OC(=O)Nc2c(-c3ccc(NS(C)(=O)=O)c(C)n3)nnn2C)c1.Cc1nc(-c2nnn(C)c2NC(=O)OCc2ccccc2Cl)ccc1NS(C)(=O)=O. The minimum atomic E-state index is -3.44. The van der Waals surface area contributed by atoms with Crippen LogP contribution in [0.5, 0.6) is 0 Å². The summed E-state index contributed by atoms with van der Waals surface area (Å²) in [5.74, 6) is 1.16. The zero-order valence-electron chi connectivity index (χ0n) is 68.6. The van der Waals surface area contributed by atoms with Crippen LogP contribution in [0.4, 0.5) is 65.2 Å². The van der Waals surface area contributed by atoms with E-state index in [0.717, 1.165) is 52.8 Å². The van der Waals surface area contributed by atoms with Gasteiger partial charge in [-0.15, -0.1) is 20.4 Å². The number of rotatable bonds is 24. The monoisotopic (exact) mass is 1790 g/mol. The zero-order valence-corrected chi connectivity index (χ0v) is 73.3. The van der Waals surface area contributed by atoms with E-state index in [9.17, 15) is 52.8 Å². The smallest absolute Gasteiger partial charge is 0.413 e. The van der Waals surface area contributed by atoms with Crippen LogP contribution in [0.3, 0.4) is 0 Å². The molecule has 644 valence electrons. The van der Waals surface area contributed by atoms with E-state index in [1.54, 1.807) is 142 Å². The molecule has 1 atom stereocenters. The van der Waals surface area contributed by atoms with Crippen LogP contribution in [0.2, 0.25) is 10.0 Å². The average Bonchev–Trinajstić information content (AvgIpc) is 1.64. The number of pyridine rings is 4. The number of hydrogen-bond acceptors (Lipinski definition) is 28. The molecule has 122 heavy (non-hydrogen) atoms. The van der Waals surface area contributed by atoms with E-state index in [1.165, 1.54) is 18.7 Å². The zero-order chi connectivity index (χ0) is 89.3. The quantitative estimate of drug-likeness (QED) is 0.0260. The van der Waals surface area contributed by atoms with Crippen molar-refractivity contribution in [2.24, 2.45) is 28.2 Å². The van der Waals surface area contributed by atoms with E-state index >= 15 is 0 Å². The maximum absolute atomic E-state index is 12.5. The third kappa shape index (κ3) is 27.1. The lowest BCUT2D eigenvalue weighted by molar-refractivity contribution is 0.121. The minimum absolute atomic E-state index is 0.00379. The van der Waals surface area contributed by atoms with Crippen LogP contribution in [0, 0.1) is 48.5 Å². The topological polar surface area (TPSA) is 512 Å². The van der Waals surface area contributed by atoms with E-state index in [-0.39, 0.29) is 31.5 Å². The highest BCUT2D eigenvalue weighted by molar-refractivity contribution is 7.92. The number of carbonyl (C=O) groups excluding carboxylic acids is 4. The van der Waals surface area contributed by atoms with Crippen LogP contribution in [0.25, 0.3) is 45.6 Å². The number of nitrogens with zero attached hydrogens (tertiary/aromatic N) is 16. The van der Waals surface area contributed by atoms with Gasteiger partial charge in [-0.2, -0.15) is 0 Å². The summed E-state index contributed by atoms with van der Waals surface area (Å²) in [5.41, 5.74) is 12.4. The molecule has 12 rings (SSSR count). The Morgan fingerprint density at radius 1 is 0.369 bits per heavy atom. The molecular formula is C76H86Cl2N24O16S4. The summed E-state index contributed by atoms with van der Waals surface area (Å²) >= 11 is 12.2. The Hall–Kier alpha value is -13.3. The number of hydrogen-bond donors (Lipinski definition) is 8. The molecule has 0 aliphatic rings. The molecule has 0 fully saturated rings. The second-order valence-corrected chi connectivity index (χ2v) is 35.1. The first kappa shape index (κ1) is 92.6. The predicted octanol–water partition coefficient (Wildman–Crippen LogP) is 12.0. The Morgan fingerprint density at radius 2 is 0.689 bits per heavy atom. The van der Waals surface area contributed by atoms with Crippen molar-refractivity contribution in [3.05, 3.63) is 211 Å². The van der Waals surface area contributed by atoms with Crippen molar-refractivity contribution in [3.63, 3.8) is 0 Å². The van der Waals surface area contributed by atoms with Crippen molar-refractivity contribution < 1.29 is 71.8 Å². The van der Waals surface area contributed by atoms with Gasteiger partial charge in [-0.05, 0) is 127 Å². The van der Waals surface area contributed by atoms with Crippen molar-refractivity contribution in [1.29, 1.82) is 0 Å². The lowest BCUT2D eigenvalue weighted by atomic mass is 10.1. The molecule has 0 radical (unpaired) electrons. The van der Waals surface area contributed by atoms with Crippen molar-refractivity contribution in [3.8, 4) is 45.6 Å². The molecule has 0 unspecified atom stereocenters. The van der Waals surface area contributed by atoms with Gasteiger partial charge in [-0.25, -0.2) is 91.5 Å². The van der Waals surface area contributed by atoms with E-state index in [0.29, 0.717) is 124 Å². The number of ether oxygens (including phenoxy) is 4. The Kier molecular flexibility index (Phi) is 30.5. The summed E-state index contributed by atoms with van der Waals surface area (Å²) < 4.78 is 128. The fourth-order valence-electron chi connectivity index (χ4n) is 11.0. The number of aryl methyl sites for hydroxylation is 11. The molecule has 46 heteroatoms. The van der Waals surface area contributed by atoms with Gasteiger partial charge in [-0.1, -0.05) is 140 Å². The number of carbonyl (C=O) groups is 4. The second-order valence-electron chi connectivity index (χ2n) is 27.3. The van der Waals surface area contributed by atoms with Crippen LogP contribution in [-0.2, 0) is 107 Å². The number of anilines is 8. The molecule has 4 amide bonds. The molecule has 0 aliphatic carbocycles. The molecule has 0 aliphatic heterocycles. The molecule has 12 aromatic rings. The summed E-state index contributed by atoms with van der Waals surface area (Å²) in [5, 5.41) is 43.5. The predicted molar refractivity (Wildman–Crippen MR) is 460 cm³/mol. The van der Waals surface area contributed by atoms with Crippen LogP contribution < -0.4 is 40.2 Å². The van der Waals surface area contributed by atoms with E-state index in [1.807, 2.05) is 81.4 Å². The van der Waals surface area contributed by atoms with Gasteiger partial charge in [0.25, 0.3) is 0 Å². The maximum atomic E-state index is 12.5. The molecule has 4 aromatic carbocycles. The number of halogens is 2. The number of nitrogens with one attached hydrogen (secondary N) is 8. The fourth-order valence-corrected chi connectivity index (χ4v) is 13.8. The van der Waals surface area contributed by atoms with Crippen LogP contribution >= 0.6 is 23.2 Å². The van der Waals surface area contributed by atoms with Crippen LogP contribution in [0.1, 0.15) is 74.7 Å². The van der Waals surface area contributed by atoms with Gasteiger partial charge < -0.3 is 18.9 Å². The molecule has 0 saturated carbocycles. The van der Waals surface area contributed by atoms with Gasteiger partial charge in [0, 0.05) is 49.4 Å². The Morgan fingerprint density at radius 3 is 1.03 bits per heavy atom. The fraction of sp³-hybridized carbons (Fsp3) is 0.263. The number of aromatic nitrogens is 16. The molecule has 8 heterocycles. The summed E-state index contributed by atoms with van der Waals surface area (Å²) in [6.45, 7) is 14.4. The van der Waals surface area contributed by atoms with Gasteiger partial charge in [0.15, 0.2) is 46.0 Å². The first-order chi connectivity index (χ1) is 57.3. The Balaban J connectivity index is 0.000000185. The van der Waals surface area contributed by atoms with Gasteiger partial charge in [0.2, 0.25) is 40.1 Å². The first-order valence-corrected chi connectivity index (χ1v) is 44.5. The highest BCUT2D eigenvalue weighted by Gasteiger charge is 2.25. The average molecular weight is 1790 g/mol. The van der Waals surface area contributed by atoms with Gasteiger partial charge in [0.05, 0.1) is 93.3 Å². The van der Waals surface area contributed by atoms with E-state index in [4.69, 9.17) is 42.1 Å². The summed E-state index contributed by atoms with van der Waals surface area (Å²) in [7, 11) is -7.26. The third-order valence-electron chi connectivity index (χ3n) is 16.8. The molecule has 0 spiro atoms. The van der Waals surface area contributed by atoms with Crippen molar-refractivity contribution >= 4 is 134 Å². The van der Waals surface area contributed by atoms with Crippen molar-refractivity contribution in [1.82, 2.24) is 79.9 Å². The number of amides is 4. The van der Waals surface area contributed by atoms with Crippen LogP contribution in [0.15, 0.2) is 140 Å². The lowest BCUT2D eigenvalue weighted by Crippen LogP contribution is -2.18. The maximum Gasteiger partial charge on any atom is 0.413 e. The second kappa shape index (κ2) is 40.2. The molecule has 0 saturated heterocycles. The van der Waals surface area contributed by atoms with Crippen molar-refractivity contribution in [2.45, 2.75) is 81.3 Å². The first-order valence-electron chi connectivity index (χ1n) is 36.1. The molecule has 0 bridgehead atoms. The third-order valence-corrected chi connectivity index (χ3v) is 19.9. The Bertz CT molecular complexity index is 6370.